The van der Waals surface area contributed by atoms with Gasteiger partial charge in [-0.15, -0.1) is 11.3 Å². The molecule has 0 radical (unpaired) electrons. The van der Waals surface area contributed by atoms with Gasteiger partial charge in [0.2, 0.25) is 12.7 Å². The predicted molar refractivity (Wildman–Crippen MR) is 149 cm³/mol. The van der Waals surface area contributed by atoms with Crippen LogP contribution in [0, 0.1) is 0 Å². The van der Waals surface area contributed by atoms with Gasteiger partial charge in [-0.2, -0.15) is 0 Å². The highest BCUT2D eigenvalue weighted by molar-refractivity contribution is 7.09. The van der Waals surface area contributed by atoms with Crippen LogP contribution in [0.25, 0.3) is 0 Å². The van der Waals surface area contributed by atoms with E-state index >= 15 is 0 Å². The van der Waals surface area contributed by atoms with E-state index in [0.717, 1.165) is 16.0 Å². The van der Waals surface area contributed by atoms with Crippen LogP contribution >= 0.6 is 11.3 Å². The fourth-order valence-electron chi connectivity index (χ4n) is 4.29. The zero-order valence-electron chi connectivity index (χ0n) is 22.6. The third-order valence-electron chi connectivity index (χ3n) is 6.48. The number of hydrogen-bond donors (Lipinski definition) is 0. The summed E-state index contributed by atoms with van der Waals surface area (Å²) in [6.07, 6.45) is 0.642. The first-order chi connectivity index (χ1) is 18.2. The molecule has 38 heavy (non-hydrogen) atoms. The van der Waals surface area contributed by atoms with Gasteiger partial charge in [-0.3, -0.25) is 9.59 Å². The van der Waals surface area contributed by atoms with Gasteiger partial charge in [0.1, 0.15) is 6.54 Å². The molecule has 0 bridgehead atoms. The van der Waals surface area contributed by atoms with E-state index in [9.17, 15) is 9.59 Å². The Morgan fingerprint density at radius 1 is 0.974 bits per heavy atom. The maximum absolute atomic E-state index is 13.7. The summed E-state index contributed by atoms with van der Waals surface area (Å²) in [5.74, 6) is 1.11. The van der Waals surface area contributed by atoms with Crippen molar-refractivity contribution in [2.75, 3.05) is 33.6 Å². The van der Waals surface area contributed by atoms with Crippen molar-refractivity contribution in [3.63, 3.8) is 0 Å². The fourth-order valence-corrected chi connectivity index (χ4v) is 5.01. The van der Waals surface area contributed by atoms with Gasteiger partial charge in [0, 0.05) is 37.2 Å². The van der Waals surface area contributed by atoms with Crippen LogP contribution in [-0.4, -0.2) is 55.2 Å². The number of hydrogen-bond acceptors (Lipinski definition) is 6. The molecule has 0 aliphatic carbocycles. The number of nitrogens with zero attached hydrogens (tertiary/aromatic N) is 2. The van der Waals surface area contributed by atoms with Crippen LogP contribution in [0.3, 0.4) is 0 Å². The Balaban J connectivity index is 1.53. The van der Waals surface area contributed by atoms with E-state index in [1.54, 1.807) is 28.2 Å². The Hall–Kier alpha value is -3.36. The normalized spacial score (nSPS) is 12.4. The summed E-state index contributed by atoms with van der Waals surface area (Å²) in [5, 5.41) is 2.00. The third kappa shape index (κ3) is 7.14. The summed E-state index contributed by atoms with van der Waals surface area (Å²) in [7, 11) is 1.64. The minimum atomic E-state index is -0.158. The molecule has 2 aromatic carbocycles. The lowest BCUT2D eigenvalue weighted by Crippen LogP contribution is -2.43. The Labute approximate surface area is 228 Å². The number of fused-ring (bicyclic) bond motifs is 1. The monoisotopic (exact) mass is 536 g/mol. The van der Waals surface area contributed by atoms with Gasteiger partial charge < -0.3 is 24.0 Å². The molecule has 202 valence electrons. The lowest BCUT2D eigenvalue weighted by Gasteiger charge is -2.28. The molecular weight excluding hydrogens is 500 g/mol. The van der Waals surface area contributed by atoms with E-state index in [0.29, 0.717) is 49.7 Å². The topological polar surface area (TPSA) is 68.3 Å². The second kappa shape index (κ2) is 12.5. The first-order valence-electron chi connectivity index (χ1n) is 12.8. The van der Waals surface area contributed by atoms with E-state index in [1.807, 2.05) is 60.0 Å². The number of rotatable bonds is 11. The van der Waals surface area contributed by atoms with E-state index in [4.69, 9.17) is 14.2 Å². The number of methoxy groups -OCH3 is 1. The van der Waals surface area contributed by atoms with Crippen LogP contribution < -0.4 is 9.47 Å². The van der Waals surface area contributed by atoms with Crippen LogP contribution in [-0.2, 0) is 28.0 Å². The average molecular weight is 537 g/mol. The summed E-state index contributed by atoms with van der Waals surface area (Å²) >= 11 is 1.61. The van der Waals surface area contributed by atoms with Crippen molar-refractivity contribution >= 4 is 23.2 Å². The number of amides is 2. The minimum Gasteiger partial charge on any atom is -0.454 e. The highest BCUT2D eigenvalue weighted by Gasteiger charge is 2.24. The molecule has 7 nitrogen and oxygen atoms in total. The van der Waals surface area contributed by atoms with E-state index in [1.165, 1.54) is 0 Å². The van der Waals surface area contributed by atoms with Crippen LogP contribution in [0.1, 0.15) is 53.6 Å². The zero-order valence-corrected chi connectivity index (χ0v) is 23.4. The predicted octanol–water partition coefficient (Wildman–Crippen LogP) is 5.48. The second-order valence-electron chi connectivity index (χ2n) is 10.4. The molecule has 8 heteroatoms. The molecule has 1 aromatic heterocycles. The standard InChI is InChI=1S/C30H36N2O5S/c1-30(2,3)24-11-9-23(10-12-24)29(34)31(14-6-15-35-4)20-28(33)32(19-25-7-5-16-38-25)18-22-8-13-26-27(17-22)37-21-36-26/h5,7-13,16-17H,6,14-15,18-21H2,1-4H3. The van der Waals surface area contributed by atoms with Crippen molar-refractivity contribution in [1.29, 1.82) is 0 Å². The van der Waals surface area contributed by atoms with Gasteiger partial charge >= 0.3 is 0 Å². The first-order valence-corrected chi connectivity index (χ1v) is 13.7. The molecule has 0 N–H and O–H groups in total. The number of thiophene rings is 1. The second-order valence-corrected chi connectivity index (χ2v) is 11.4. The highest BCUT2D eigenvalue weighted by atomic mass is 32.1. The van der Waals surface area contributed by atoms with Crippen molar-refractivity contribution in [1.82, 2.24) is 9.80 Å². The van der Waals surface area contributed by atoms with E-state index in [-0.39, 0.29) is 30.6 Å². The number of carbonyl (C=O) groups is 2. The van der Waals surface area contributed by atoms with Crippen LogP contribution in [0.5, 0.6) is 11.5 Å². The SMILES string of the molecule is COCCCN(CC(=O)N(Cc1ccc2c(c1)OCO2)Cc1cccs1)C(=O)c1ccc(C(C)(C)C)cc1. The highest BCUT2D eigenvalue weighted by Crippen LogP contribution is 2.33. The molecule has 2 heterocycles. The fraction of sp³-hybridized carbons (Fsp3) is 0.400. The lowest BCUT2D eigenvalue weighted by molar-refractivity contribution is -0.133. The molecule has 0 saturated heterocycles. The number of ether oxygens (including phenoxy) is 3. The van der Waals surface area contributed by atoms with Crippen LogP contribution in [0.4, 0.5) is 0 Å². The van der Waals surface area contributed by atoms with Crippen LogP contribution in [0.2, 0.25) is 0 Å². The molecule has 0 spiro atoms. The molecule has 0 atom stereocenters. The lowest BCUT2D eigenvalue weighted by atomic mass is 9.86. The molecule has 0 saturated carbocycles. The molecule has 1 aliphatic heterocycles. The van der Waals surface area contributed by atoms with Crippen molar-refractivity contribution in [3.8, 4) is 11.5 Å². The Kier molecular flexibility index (Phi) is 9.07. The summed E-state index contributed by atoms with van der Waals surface area (Å²) in [4.78, 5) is 31.8. The van der Waals surface area contributed by atoms with Crippen LogP contribution in [0.15, 0.2) is 60.0 Å². The summed E-state index contributed by atoms with van der Waals surface area (Å²) < 4.78 is 16.2. The molecule has 4 rings (SSSR count). The summed E-state index contributed by atoms with van der Waals surface area (Å²) in [5.41, 5.74) is 2.66. The van der Waals surface area contributed by atoms with Gasteiger partial charge in [-0.05, 0) is 58.7 Å². The van der Waals surface area contributed by atoms with Crippen molar-refractivity contribution in [3.05, 3.63) is 81.5 Å². The summed E-state index contributed by atoms with van der Waals surface area (Å²) in [6, 6.07) is 17.4. The minimum absolute atomic E-state index is 0.00723. The molecule has 2 amide bonds. The van der Waals surface area contributed by atoms with Crippen molar-refractivity contribution in [2.45, 2.75) is 45.7 Å². The Morgan fingerprint density at radius 3 is 2.42 bits per heavy atom. The van der Waals surface area contributed by atoms with Gasteiger partial charge in [0.25, 0.3) is 5.91 Å². The number of carbonyl (C=O) groups excluding carboxylic acids is 2. The van der Waals surface area contributed by atoms with E-state index in [2.05, 4.69) is 20.8 Å². The van der Waals surface area contributed by atoms with Gasteiger partial charge in [0.15, 0.2) is 11.5 Å². The summed E-state index contributed by atoms with van der Waals surface area (Å²) in [6.45, 7) is 8.41. The maximum Gasteiger partial charge on any atom is 0.254 e. The zero-order chi connectivity index (χ0) is 27.1. The maximum atomic E-state index is 13.7. The van der Waals surface area contributed by atoms with Crippen molar-refractivity contribution < 1.29 is 23.8 Å². The van der Waals surface area contributed by atoms with Gasteiger partial charge in [-0.1, -0.05) is 45.0 Å². The molecule has 0 fully saturated rings. The van der Waals surface area contributed by atoms with Gasteiger partial charge in [-0.25, -0.2) is 0 Å². The average Bonchev–Trinajstić information content (AvgIpc) is 3.59. The number of benzene rings is 2. The first kappa shape index (κ1) is 27.7. The Bertz CT molecular complexity index is 1220. The molecular formula is C30H36N2O5S. The Morgan fingerprint density at radius 2 is 1.74 bits per heavy atom. The molecule has 1 aliphatic rings. The molecule has 3 aromatic rings. The molecule has 0 unspecified atom stereocenters. The van der Waals surface area contributed by atoms with Gasteiger partial charge in [0.05, 0.1) is 6.54 Å². The largest absolute Gasteiger partial charge is 0.454 e. The van der Waals surface area contributed by atoms with Crippen molar-refractivity contribution in [2.24, 2.45) is 0 Å². The smallest absolute Gasteiger partial charge is 0.254 e. The quantitative estimate of drug-likeness (QED) is 0.304. The van der Waals surface area contributed by atoms with E-state index < -0.39 is 0 Å². The third-order valence-corrected chi connectivity index (χ3v) is 7.34.